The van der Waals surface area contributed by atoms with Crippen molar-refractivity contribution >= 4 is 0 Å². The second-order valence-electron chi connectivity index (χ2n) is 5.75. The van der Waals surface area contributed by atoms with E-state index >= 15 is 0 Å². The third-order valence-corrected chi connectivity index (χ3v) is 4.47. The second-order valence-corrected chi connectivity index (χ2v) is 5.75. The van der Waals surface area contributed by atoms with Crippen LogP contribution in [-0.4, -0.2) is 63.5 Å². The van der Waals surface area contributed by atoms with Crippen LogP contribution in [-0.2, 0) is 9.47 Å². The summed E-state index contributed by atoms with van der Waals surface area (Å²) in [6.07, 6.45) is 3.61. The maximum atomic E-state index is 5.58. The first-order valence-electron chi connectivity index (χ1n) is 8.30. The van der Waals surface area contributed by atoms with E-state index in [1.54, 1.807) is 7.11 Å². The zero-order chi connectivity index (χ0) is 14.8. The molecular weight excluding hydrogens is 252 g/mol. The molecule has 0 amide bonds. The molecule has 0 radical (unpaired) electrons. The number of nitrogens with zero attached hydrogens (tertiary/aromatic N) is 1. The molecule has 1 heterocycles. The Morgan fingerprint density at radius 2 is 2.05 bits per heavy atom. The van der Waals surface area contributed by atoms with Crippen LogP contribution in [0.3, 0.4) is 0 Å². The molecule has 2 unspecified atom stereocenters. The van der Waals surface area contributed by atoms with Gasteiger partial charge in [0.05, 0.1) is 13.2 Å². The molecule has 1 aliphatic heterocycles. The van der Waals surface area contributed by atoms with Crippen molar-refractivity contribution in [3.63, 3.8) is 0 Å². The average Bonchev–Trinajstić information content (AvgIpc) is 2.99. The number of ether oxygens (including phenoxy) is 2. The van der Waals surface area contributed by atoms with E-state index in [1.165, 1.54) is 19.3 Å². The van der Waals surface area contributed by atoms with Crippen LogP contribution in [0.4, 0.5) is 0 Å². The van der Waals surface area contributed by atoms with E-state index in [0.717, 1.165) is 39.5 Å². The Balaban J connectivity index is 2.61. The number of methoxy groups -OCH3 is 1. The number of hydrogen-bond donors (Lipinski definition) is 1. The van der Waals surface area contributed by atoms with Gasteiger partial charge in [-0.05, 0) is 25.8 Å². The molecule has 0 aromatic rings. The van der Waals surface area contributed by atoms with Crippen LogP contribution in [0.1, 0.15) is 40.0 Å². The minimum atomic E-state index is 0.542. The van der Waals surface area contributed by atoms with Crippen molar-refractivity contribution < 1.29 is 9.47 Å². The van der Waals surface area contributed by atoms with E-state index in [-0.39, 0.29) is 0 Å². The number of hydrogen-bond acceptors (Lipinski definition) is 4. The molecular formula is C16H34N2O2. The van der Waals surface area contributed by atoms with Gasteiger partial charge in [-0.1, -0.05) is 20.8 Å². The van der Waals surface area contributed by atoms with Crippen molar-refractivity contribution in [2.75, 3.05) is 46.6 Å². The highest BCUT2D eigenvalue weighted by atomic mass is 16.5. The minimum absolute atomic E-state index is 0.542. The summed E-state index contributed by atoms with van der Waals surface area (Å²) in [5.74, 6) is 0.661. The van der Waals surface area contributed by atoms with Crippen LogP contribution in [0.15, 0.2) is 0 Å². The van der Waals surface area contributed by atoms with Gasteiger partial charge in [-0.2, -0.15) is 0 Å². The molecule has 1 fully saturated rings. The summed E-state index contributed by atoms with van der Waals surface area (Å²) < 4.78 is 10.9. The van der Waals surface area contributed by atoms with Gasteiger partial charge in [0.25, 0.3) is 0 Å². The Morgan fingerprint density at radius 3 is 2.55 bits per heavy atom. The highest BCUT2D eigenvalue weighted by Gasteiger charge is 2.28. The Kier molecular flexibility index (Phi) is 9.44. The Hall–Kier alpha value is -0.160. The fourth-order valence-corrected chi connectivity index (χ4v) is 3.20. The third-order valence-electron chi connectivity index (χ3n) is 4.47. The van der Waals surface area contributed by atoms with Crippen LogP contribution in [0.2, 0.25) is 0 Å². The van der Waals surface area contributed by atoms with Gasteiger partial charge in [0.15, 0.2) is 0 Å². The van der Waals surface area contributed by atoms with E-state index in [2.05, 4.69) is 31.0 Å². The van der Waals surface area contributed by atoms with Crippen molar-refractivity contribution in [2.45, 2.75) is 52.1 Å². The maximum Gasteiger partial charge on any atom is 0.0589 e. The summed E-state index contributed by atoms with van der Waals surface area (Å²) >= 11 is 0. The average molecular weight is 286 g/mol. The van der Waals surface area contributed by atoms with E-state index in [4.69, 9.17) is 9.47 Å². The topological polar surface area (TPSA) is 33.7 Å². The summed E-state index contributed by atoms with van der Waals surface area (Å²) in [5, 5.41) is 3.67. The predicted molar refractivity (Wildman–Crippen MR) is 84.2 cm³/mol. The van der Waals surface area contributed by atoms with Crippen molar-refractivity contribution in [2.24, 2.45) is 5.92 Å². The molecule has 4 nitrogen and oxygen atoms in total. The Morgan fingerprint density at radius 1 is 1.30 bits per heavy atom. The molecule has 0 aromatic carbocycles. The van der Waals surface area contributed by atoms with Crippen LogP contribution in [0, 0.1) is 5.92 Å². The van der Waals surface area contributed by atoms with Gasteiger partial charge >= 0.3 is 0 Å². The molecule has 1 rings (SSSR count). The summed E-state index contributed by atoms with van der Waals surface area (Å²) in [6.45, 7) is 12.6. The fraction of sp³-hybridized carbons (Fsp3) is 1.00. The molecule has 120 valence electrons. The fourth-order valence-electron chi connectivity index (χ4n) is 3.20. The second kappa shape index (κ2) is 10.6. The van der Waals surface area contributed by atoms with Crippen LogP contribution >= 0.6 is 0 Å². The summed E-state index contributed by atoms with van der Waals surface area (Å²) in [5.41, 5.74) is 0. The van der Waals surface area contributed by atoms with E-state index in [1.807, 2.05) is 0 Å². The first-order chi connectivity index (χ1) is 9.76. The summed E-state index contributed by atoms with van der Waals surface area (Å²) in [4.78, 5) is 2.61. The first kappa shape index (κ1) is 17.9. The third kappa shape index (κ3) is 5.68. The van der Waals surface area contributed by atoms with Gasteiger partial charge in [-0.3, -0.25) is 4.90 Å². The van der Waals surface area contributed by atoms with Gasteiger partial charge in [-0.25, -0.2) is 0 Å². The zero-order valence-electron chi connectivity index (χ0n) is 13.9. The quantitative estimate of drug-likeness (QED) is 0.631. The monoisotopic (exact) mass is 286 g/mol. The largest absolute Gasteiger partial charge is 0.383 e. The standard InChI is InChI=1S/C16H34N2O2/c1-5-15(6-2)18(9-11-19-4)12-16(17-7-3)14-8-10-20-13-14/h14-17H,5-13H2,1-4H3. The van der Waals surface area contributed by atoms with Gasteiger partial charge in [-0.15, -0.1) is 0 Å². The molecule has 1 saturated heterocycles. The van der Waals surface area contributed by atoms with Crippen molar-refractivity contribution in [1.82, 2.24) is 10.2 Å². The summed E-state index contributed by atoms with van der Waals surface area (Å²) in [7, 11) is 1.79. The summed E-state index contributed by atoms with van der Waals surface area (Å²) in [6, 6.07) is 1.20. The first-order valence-corrected chi connectivity index (χ1v) is 8.30. The number of nitrogens with one attached hydrogen (secondary N) is 1. The van der Waals surface area contributed by atoms with Gasteiger partial charge < -0.3 is 14.8 Å². The lowest BCUT2D eigenvalue weighted by Crippen LogP contribution is -2.49. The van der Waals surface area contributed by atoms with Crippen LogP contribution in [0.5, 0.6) is 0 Å². The molecule has 0 bridgehead atoms. The predicted octanol–water partition coefficient (Wildman–Crippen LogP) is 2.14. The molecule has 20 heavy (non-hydrogen) atoms. The maximum absolute atomic E-state index is 5.58. The Bertz CT molecular complexity index is 229. The lowest BCUT2D eigenvalue weighted by Gasteiger charge is -2.35. The van der Waals surface area contributed by atoms with Crippen molar-refractivity contribution in [3.05, 3.63) is 0 Å². The van der Waals surface area contributed by atoms with Crippen LogP contribution in [0.25, 0.3) is 0 Å². The van der Waals surface area contributed by atoms with E-state index in [9.17, 15) is 0 Å². The number of likely N-dealkylation sites (N-methyl/N-ethyl adjacent to an activating group) is 1. The molecule has 1 N–H and O–H groups in total. The molecule has 0 aliphatic carbocycles. The normalized spacial score (nSPS) is 21.0. The van der Waals surface area contributed by atoms with Gasteiger partial charge in [0.1, 0.15) is 0 Å². The smallest absolute Gasteiger partial charge is 0.0589 e. The van der Waals surface area contributed by atoms with Crippen molar-refractivity contribution in [1.29, 1.82) is 0 Å². The highest BCUT2D eigenvalue weighted by molar-refractivity contribution is 4.84. The molecule has 2 atom stereocenters. The number of rotatable bonds is 11. The zero-order valence-corrected chi connectivity index (χ0v) is 13.9. The SMILES string of the molecule is CCNC(CN(CCOC)C(CC)CC)C1CCOC1. The lowest BCUT2D eigenvalue weighted by atomic mass is 9.97. The molecule has 1 aliphatic rings. The van der Waals surface area contributed by atoms with Gasteiger partial charge in [0, 0.05) is 44.8 Å². The molecule has 0 saturated carbocycles. The molecule has 0 aromatic heterocycles. The van der Waals surface area contributed by atoms with E-state index < -0.39 is 0 Å². The van der Waals surface area contributed by atoms with Gasteiger partial charge in [0.2, 0.25) is 0 Å². The molecule has 0 spiro atoms. The minimum Gasteiger partial charge on any atom is -0.383 e. The molecule has 4 heteroatoms. The highest BCUT2D eigenvalue weighted by Crippen LogP contribution is 2.19. The van der Waals surface area contributed by atoms with Crippen molar-refractivity contribution in [3.8, 4) is 0 Å². The lowest BCUT2D eigenvalue weighted by molar-refractivity contribution is 0.0949. The van der Waals surface area contributed by atoms with E-state index in [0.29, 0.717) is 18.0 Å². The van der Waals surface area contributed by atoms with Crippen LogP contribution < -0.4 is 5.32 Å². The Labute approximate surface area is 125 Å².